The van der Waals surface area contributed by atoms with Gasteiger partial charge in [-0.25, -0.2) is 4.79 Å². The van der Waals surface area contributed by atoms with E-state index in [-0.39, 0.29) is 23.4 Å². The third-order valence-electron chi connectivity index (χ3n) is 3.49. The summed E-state index contributed by atoms with van der Waals surface area (Å²) in [6.45, 7) is -3.03. The molecule has 0 bridgehead atoms. The molecule has 1 aromatic carbocycles. The minimum atomic E-state index is -3.03. The van der Waals surface area contributed by atoms with Crippen LogP contribution in [0.25, 0.3) is 0 Å². The lowest BCUT2D eigenvalue weighted by Crippen LogP contribution is -2.48. The fourth-order valence-corrected chi connectivity index (χ4v) is 2.56. The summed E-state index contributed by atoms with van der Waals surface area (Å²) in [6, 6.07) is 4.92. The highest BCUT2D eigenvalue weighted by Crippen LogP contribution is 2.23. The maximum Gasteiger partial charge on any atom is 0.404 e. The Bertz CT molecular complexity index is 553. The quantitative estimate of drug-likeness (QED) is 0.777. The van der Waals surface area contributed by atoms with Crippen molar-refractivity contribution in [2.45, 2.75) is 38.0 Å². The van der Waals surface area contributed by atoms with Crippen LogP contribution in [-0.2, 0) is 0 Å². The first kappa shape index (κ1) is 16.0. The molecule has 1 aliphatic rings. The van der Waals surface area contributed by atoms with Crippen molar-refractivity contribution < 1.29 is 28.2 Å². The molecule has 0 unspecified atom stereocenters. The van der Waals surface area contributed by atoms with Gasteiger partial charge in [-0.3, -0.25) is 4.79 Å². The molecule has 0 aliphatic heterocycles. The zero-order valence-electron chi connectivity index (χ0n) is 11.6. The highest BCUT2D eigenvalue weighted by Gasteiger charge is 2.30. The molecule has 0 heterocycles. The molecule has 1 aliphatic carbocycles. The SMILES string of the molecule is O=C(O)N[C@H]1CCC[C@@H]1NC(=O)c1ccccc1OC(F)F. The fourth-order valence-electron chi connectivity index (χ4n) is 2.56. The molecule has 22 heavy (non-hydrogen) atoms. The van der Waals surface area contributed by atoms with Crippen LogP contribution < -0.4 is 15.4 Å². The van der Waals surface area contributed by atoms with Crippen molar-refractivity contribution >= 4 is 12.0 Å². The van der Waals surface area contributed by atoms with E-state index in [1.165, 1.54) is 24.3 Å². The van der Waals surface area contributed by atoms with Crippen LogP contribution in [-0.4, -0.2) is 35.8 Å². The maximum absolute atomic E-state index is 12.3. The van der Waals surface area contributed by atoms with Crippen molar-refractivity contribution in [1.82, 2.24) is 10.6 Å². The first-order chi connectivity index (χ1) is 10.5. The van der Waals surface area contributed by atoms with Crippen LogP contribution in [0, 0.1) is 0 Å². The van der Waals surface area contributed by atoms with Gasteiger partial charge in [-0.15, -0.1) is 0 Å². The smallest absolute Gasteiger partial charge is 0.404 e. The minimum absolute atomic E-state index is 0.0104. The molecule has 2 amide bonds. The van der Waals surface area contributed by atoms with Gasteiger partial charge in [0.25, 0.3) is 5.91 Å². The monoisotopic (exact) mass is 314 g/mol. The number of amides is 2. The van der Waals surface area contributed by atoms with Gasteiger partial charge in [0.15, 0.2) is 0 Å². The highest BCUT2D eigenvalue weighted by molar-refractivity contribution is 5.97. The van der Waals surface area contributed by atoms with Gasteiger partial charge in [0, 0.05) is 6.04 Å². The van der Waals surface area contributed by atoms with Gasteiger partial charge in [0.2, 0.25) is 0 Å². The summed E-state index contributed by atoms with van der Waals surface area (Å²) in [5.41, 5.74) is -0.0104. The van der Waals surface area contributed by atoms with Crippen LogP contribution in [0.3, 0.4) is 0 Å². The van der Waals surface area contributed by atoms with E-state index in [9.17, 15) is 18.4 Å². The normalized spacial score (nSPS) is 20.7. The Morgan fingerprint density at radius 2 is 1.82 bits per heavy atom. The van der Waals surface area contributed by atoms with Gasteiger partial charge in [0.05, 0.1) is 11.6 Å². The molecule has 2 rings (SSSR count). The summed E-state index contributed by atoms with van der Waals surface area (Å²) in [6.07, 6.45) is 0.846. The molecule has 0 spiro atoms. The van der Waals surface area contributed by atoms with E-state index in [2.05, 4.69) is 15.4 Å². The molecule has 0 aromatic heterocycles. The van der Waals surface area contributed by atoms with Gasteiger partial charge in [-0.1, -0.05) is 12.1 Å². The number of alkyl halides is 2. The lowest BCUT2D eigenvalue weighted by Gasteiger charge is -2.21. The van der Waals surface area contributed by atoms with Crippen molar-refractivity contribution in [2.24, 2.45) is 0 Å². The minimum Gasteiger partial charge on any atom is -0.465 e. The van der Waals surface area contributed by atoms with Crippen molar-refractivity contribution in [3.05, 3.63) is 29.8 Å². The second kappa shape index (κ2) is 7.06. The molecule has 3 N–H and O–H groups in total. The number of carbonyl (C=O) groups excluding carboxylic acids is 1. The second-order valence-electron chi connectivity index (χ2n) is 4.94. The number of hydrogen-bond acceptors (Lipinski definition) is 3. The average Bonchev–Trinajstić information content (AvgIpc) is 2.85. The summed E-state index contributed by atoms with van der Waals surface area (Å²) in [7, 11) is 0. The predicted molar refractivity (Wildman–Crippen MR) is 73.1 cm³/mol. The number of carbonyl (C=O) groups is 2. The highest BCUT2D eigenvalue weighted by atomic mass is 19.3. The van der Waals surface area contributed by atoms with Crippen LogP contribution in [0.1, 0.15) is 29.6 Å². The van der Waals surface area contributed by atoms with E-state index in [1.54, 1.807) is 0 Å². The van der Waals surface area contributed by atoms with Crippen LogP contribution in [0.4, 0.5) is 13.6 Å². The molecular formula is C14H16F2N2O4. The number of rotatable bonds is 5. The number of carboxylic acid groups (broad SMARTS) is 1. The number of ether oxygens (including phenoxy) is 1. The summed E-state index contributed by atoms with van der Waals surface area (Å²) < 4.78 is 29.0. The molecule has 0 radical (unpaired) electrons. The van der Waals surface area contributed by atoms with E-state index in [0.29, 0.717) is 12.8 Å². The molecule has 1 saturated carbocycles. The summed E-state index contributed by atoms with van der Waals surface area (Å²) in [5.74, 6) is -0.781. The lowest BCUT2D eigenvalue weighted by molar-refractivity contribution is -0.0501. The number of para-hydroxylation sites is 1. The number of halogens is 2. The molecule has 120 valence electrons. The van der Waals surface area contributed by atoms with Gasteiger partial charge < -0.3 is 20.5 Å². The third kappa shape index (κ3) is 4.06. The van der Waals surface area contributed by atoms with Gasteiger partial charge in [-0.2, -0.15) is 8.78 Å². The third-order valence-corrected chi connectivity index (χ3v) is 3.49. The molecular weight excluding hydrogens is 298 g/mol. The van der Waals surface area contributed by atoms with Crippen LogP contribution in [0.15, 0.2) is 24.3 Å². The van der Waals surface area contributed by atoms with E-state index in [1.807, 2.05) is 0 Å². The number of benzene rings is 1. The van der Waals surface area contributed by atoms with Crippen LogP contribution in [0.5, 0.6) is 5.75 Å². The van der Waals surface area contributed by atoms with E-state index in [4.69, 9.17) is 5.11 Å². The molecule has 0 saturated heterocycles. The summed E-state index contributed by atoms with van der Waals surface area (Å²) in [4.78, 5) is 22.9. The van der Waals surface area contributed by atoms with E-state index in [0.717, 1.165) is 6.42 Å². The first-order valence-electron chi connectivity index (χ1n) is 6.81. The van der Waals surface area contributed by atoms with Crippen LogP contribution >= 0.6 is 0 Å². The Morgan fingerprint density at radius 3 is 2.45 bits per heavy atom. The van der Waals surface area contributed by atoms with Crippen molar-refractivity contribution in [2.75, 3.05) is 0 Å². The Balaban J connectivity index is 2.07. The lowest BCUT2D eigenvalue weighted by atomic mass is 10.1. The van der Waals surface area contributed by atoms with Crippen LogP contribution in [0.2, 0.25) is 0 Å². The molecule has 2 atom stereocenters. The topological polar surface area (TPSA) is 87.7 Å². The fraction of sp³-hybridized carbons (Fsp3) is 0.429. The molecule has 8 heteroatoms. The zero-order valence-corrected chi connectivity index (χ0v) is 11.6. The number of nitrogens with one attached hydrogen (secondary N) is 2. The predicted octanol–water partition coefficient (Wildman–Crippen LogP) is 2.21. The first-order valence-corrected chi connectivity index (χ1v) is 6.81. The van der Waals surface area contributed by atoms with Gasteiger partial charge in [-0.05, 0) is 31.4 Å². The van der Waals surface area contributed by atoms with E-state index < -0.39 is 18.6 Å². The van der Waals surface area contributed by atoms with E-state index >= 15 is 0 Å². The maximum atomic E-state index is 12.3. The Kier molecular flexibility index (Phi) is 5.13. The van der Waals surface area contributed by atoms with Crippen molar-refractivity contribution in [1.29, 1.82) is 0 Å². The zero-order chi connectivity index (χ0) is 16.1. The Labute approximate surface area is 125 Å². The average molecular weight is 314 g/mol. The largest absolute Gasteiger partial charge is 0.465 e. The van der Waals surface area contributed by atoms with Crippen molar-refractivity contribution in [3.8, 4) is 5.75 Å². The summed E-state index contributed by atoms with van der Waals surface area (Å²) in [5, 5.41) is 13.8. The van der Waals surface area contributed by atoms with Gasteiger partial charge >= 0.3 is 12.7 Å². The number of hydrogen-bond donors (Lipinski definition) is 3. The van der Waals surface area contributed by atoms with Crippen molar-refractivity contribution in [3.63, 3.8) is 0 Å². The summed E-state index contributed by atoms with van der Waals surface area (Å²) >= 11 is 0. The molecule has 1 aromatic rings. The Hall–Kier alpha value is -2.38. The molecule has 1 fully saturated rings. The Morgan fingerprint density at radius 1 is 1.18 bits per heavy atom. The second-order valence-corrected chi connectivity index (χ2v) is 4.94. The standard InChI is InChI=1S/C14H16F2N2O4/c15-13(16)22-11-7-2-1-4-8(11)12(19)17-9-5-3-6-10(9)18-14(20)21/h1-2,4,7,9-10,13,18H,3,5-6H2,(H,17,19)(H,20,21)/t9-,10-/m0/s1. The molecule has 6 nitrogen and oxygen atoms in total. The van der Waals surface area contributed by atoms with Gasteiger partial charge in [0.1, 0.15) is 5.75 Å².